The summed E-state index contributed by atoms with van der Waals surface area (Å²) in [4.78, 5) is 14.4. The van der Waals surface area contributed by atoms with Crippen LogP contribution in [0, 0.1) is 5.92 Å². The van der Waals surface area contributed by atoms with Crippen molar-refractivity contribution < 1.29 is 9.22 Å². The van der Waals surface area contributed by atoms with E-state index < -0.39 is 13.9 Å². The van der Waals surface area contributed by atoms with Crippen LogP contribution < -0.4 is 10.4 Å². The lowest BCUT2D eigenvalue weighted by Crippen LogP contribution is -2.64. The SMILES string of the molecule is CC[C@@](O[Si](C)(c1ccccc1)c1ccccc1)(C(=O)c1ccccc1)/C(C)=C/C1CCCCC1. The van der Waals surface area contributed by atoms with Gasteiger partial charge in [-0.2, -0.15) is 0 Å². The molecule has 1 fully saturated rings. The van der Waals surface area contributed by atoms with Crippen LogP contribution in [-0.4, -0.2) is 19.7 Å². The Balaban J connectivity index is 1.87. The lowest BCUT2D eigenvalue weighted by Gasteiger charge is -2.42. The second-order valence-electron chi connectivity index (χ2n) is 9.99. The molecule has 0 spiro atoms. The molecular formula is C32H38O2Si. The van der Waals surface area contributed by atoms with Gasteiger partial charge in [0.25, 0.3) is 8.32 Å². The Morgan fingerprint density at radius 3 is 1.83 bits per heavy atom. The molecule has 0 heterocycles. The van der Waals surface area contributed by atoms with Crippen LogP contribution >= 0.6 is 0 Å². The quantitative estimate of drug-likeness (QED) is 0.187. The highest BCUT2D eigenvalue weighted by Gasteiger charge is 2.48. The van der Waals surface area contributed by atoms with Crippen molar-refractivity contribution in [2.24, 2.45) is 5.92 Å². The fourth-order valence-electron chi connectivity index (χ4n) is 5.57. The minimum atomic E-state index is -2.74. The molecule has 0 N–H and O–H groups in total. The summed E-state index contributed by atoms with van der Waals surface area (Å²) in [7, 11) is -2.74. The fraction of sp³-hybridized carbons (Fsp3) is 0.344. The molecule has 1 aliphatic rings. The second kappa shape index (κ2) is 11.3. The van der Waals surface area contributed by atoms with Gasteiger partial charge in [-0.1, -0.05) is 123 Å². The first kappa shape index (κ1) is 25.3. The lowest BCUT2D eigenvalue weighted by atomic mass is 9.80. The van der Waals surface area contributed by atoms with Crippen LogP contribution in [0.5, 0.6) is 0 Å². The number of carbonyl (C=O) groups excluding carboxylic acids is 1. The van der Waals surface area contributed by atoms with Gasteiger partial charge >= 0.3 is 0 Å². The highest BCUT2D eigenvalue weighted by Crippen LogP contribution is 2.36. The van der Waals surface area contributed by atoms with Gasteiger partial charge in [0, 0.05) is 5.56 Å². The summed E-state index contributed by atoms with van der Waals surface area (Å²) < 4.78 is 7.39. The standard InChI is InChI=1S/C32H38O2Si/c1-4-32(31(33)28-19-11-6-12-20-28,26(2)25-27-17-9-5-10-18-27)34-35(3,29-21-13-7-14-22-29)30-23-15-8-16-24-30/h6-8,11-16,19-25,27H,4-5,9-10,17-18H2,1-3H3/b26-25+/t32-/m0/s1. The van der Waals surface area contributed by atoms with Crippen LogP contribution in [-0.2, 0) is 4.43 Å². The summed E-state index contributed by atoms with van der Waals surface area (Å²) in [5.41, 5.74) is 0.764. The van der Waals surface area contributed by atoms with Gasteiger partial charge in [0.1, 0.15) is 5.60 Å². The van der Waals surface area contributed by atoms with Gasteiger partial charge in [-0.05, 0) is 54.6 Å². The Kier molecular flexibility index (Phi) is 8.20. The normalized spacial score (nSPS) is 17.1. The first-order valence-corrected chi connectivity index (χ1v) is 15.5. The van der Waals surface area contributed by atoms with Crippen molar-refractivity contribution in [3.63, 3.8) is 0 Å². The van der Waals surface area contributed by atoms with Gasteiger partial charge in [-0.25, -0.2) is 0 Å². The molecule has 4 rings (SSSR count). The number of rotatable bonds is 9. The van der Waals surface area contributed by atoms with E-state index in [1.807, 2.05) is 42.5 Å². The highest BCUT2D eigenvalue weighted by molar-refractivity contribution is 6.96. The minimum Gasteiger partial charge on any atom is -0.392 e. The molecule has 0 aromatic heterocycles. The maximum atomic E-state index is 14.4. The van der Waals surface area contributed by atoms with Gasteiger partial charge in [0.15, 0.2) is 5.78 Å². The van der Waals surface area contributed by atoms with Crippen LogP contribution in [0.25, 0.3) is 0 Å². The maximum absolute atomic E-state index is 14.4. The molecule has 0 aliphatic heterocycles. The van der Waals surface area contributed by atoms with Crippen LogP contribution in [0.15, 0.2) is 103 Å². The molecule has 1 aliphatic carbocycles. The van der Waals surface area contributed by atoms with Crippen molar-refractivity contribution in [1.82, 2.24) is 0 Å². The molecule has 2 nitrogen and oxygen atoms in total. The minimum absolute atomic E-state index is 0.0655. The first-order valence-electron chi connectivity index (χ1n) is 13.1. The average Bonchev–Trinajstić information content (AvgIpc) is 2.93. The van der Waals surface area contributed by atoms with Crippen molar-refractivity contribution in [3.8, 4) is 0 Å². The van der Waals surface area contributed by atoms with E-state index in [2.05, 4.69) is 75.0 Å². The van der Waals surface area contributed by atoms with E-state index in [0.29, 0.717) is 17.9 Å². The van der Waals surface area contributed by atoms with Crippen molar-refractivity contribution in [1.29, 1.82) is 0 Å². The van der Waals surface area contributed by atoms with Crippen LogP contribution in [0.1, 0.15) is 62.7 Å². The van der Waals surface area contributed by atoms with Gasteiger partial charge in [-0.15, -0.1) is 0 Å². The molecule has 0 unspecified atom stereocenters. The number of ketones is 1. The third-order valence-corrected chi connectivity index (χ3v) is 11.3. The van der Waals surface area contributed by atoms with E-state index >= 15 is 0 Å². The number of carbonyl (C=O) groups is 1. The van der Waals surface area contributed by atoms with E-state index in [4.69, 9.17) is 4.43 Å². The molecular weight excluding hydrogens is 444 g/mol. The number of Topliss-reactive ketones (excluding diaryl/α,β-unsaturated/α-hetero) is 1. The summed E-state index contributed by atoms with van der Waals surface area (Å²) in [5, 5.41) is 2.35. The Morgan fingerprint density at radius 2 is 1.34 bits per heavy atom. The summed E-state index contributed by atoms with van der Waals surface area (Å²) in [6.45, 7) is 6.47. The van der Waals surface area contributed by atoms with Crippen LogP contribution in [0.2, 0.25) is 6.55 Å². The van der Waals surface area contributed by atoms with Crippen molar-refractivity contribution in [2.45, 2.75) is 64.5 Å². The molecule has 0 saturated heterocycles. The number of hydrogen-bond acceptors (Lipinski definition) is 2. The summed E-state index contributed by atoms with van der Waals surface area (Å²) in [6.07, 6.45) is 9.20. The molecule has 0 radical (unpaired) electrons. The highest BCUT2D eigenvalue weighted by atomic mass is 28.4. The zero-order chi connectivity index (χ0) is 24.7. The monoisotopic (exact) mass is 482 g/mol. The topological polar surface area (TPSA) is 26.3 Å². The Bertz CT molecular complexity index is 1080. The third-order valence-electron chi connectivity index (χ3n) is 7.70. The fourth-order valence-corrected chi connectivity index (χ4v) is 8.90. The Labute approximate surface area is 212 Å². The van der Waals surface area contributed by atoms with Crippen LogP contribution in [0.4, 0.5) is 0 Å². The molecule has 3 aromatic rings. The van der Waals surface area contributed by atoms with Crippen molar-refractivity contribution in [2.75, 3.05) is 0 Å². The van der Waals surface area contributed by atoms with E-state index in [1.54, 1.807) is 0 Å². The van der Waals surface area contributed by atoms with E-state index in [9.17, 15) is 4.79 Å². The second-order valence-corrected chi connectivity index (χ2v) is 13.4. The first-order chi connectivity index (χ1) is 17.0. The summed E-state index contributed by atoms with van der Waals surface area (Å²) in [6, 6.07) is 30.7. The average molecular weight is 483 g/mol. The molecule has 1 saturated carbocycles. The lowest BCUT2D eigenvalue weighted by molar-refractivity contribution is 0.0551. The van der Waals surface area contributed by atoms with Crippen molar-refractivity contribution in [3.05, 3.63) is 108 Å². The Hall–Kier alpha value is -2.75. The zero-order valence-electron chi connectivity index (χ0n) is 21.4. The van der Waals surface area contributed by atoms with Gasteiger partial charge < -0.3 is 4.43 Å². The number of hydrogen-bond donors (Lipinski definition) is 0. The summed E-state index contributed by atoms with van der Waals surface area (Å²) >= 11 is 0. The zero-order valence-corrected chi connectivity index (χ0v) is 22.4. The van der Waals surface area contributed by atoms with Gasteiger partial charge in [-0.3, -0.25) is 4.79 Å². The molecule has 1 atom stereocenters. The molecule has 0 bridgehead atoms. The largest absolute Gasteiger partial charge is 0.392 e. The molecule has 0 amide bonds. The Morgan fingerprint density at radius 1 is 0.857 bits per heavy atom. The molecule has 35 heavy (non-hydrogen) atoms. The van der Waals surface area contributed by atoms with Crippen LogP contribution in [0.3, 0.4) is 0 Å². The van der Waals surface area contributed by atoms with Crippen molar-refractivity contribution >= 4 is 24.5 Å². The number of allylic oxidation sites excluding steroid dienone is 1. The van der Waals surface area contributed by atoms with Gasteiger partial charge in [0.05, 0.1) is 0 Å². The maximum Gasteiger partial charge on any atom is 0.254 e. The van der Waals surface area contributed by atoms with Gasteiger partial charge in [0.2, 0.25) is 0 Å². The third kappa shape index (κ3) is 5.42. The molecule has 182 valence electrons. The smallest absolute Gasteiger partial charge is 0.254 e. The number of benzene rings is 3. The predicted octanol–water partition coefficient (Wildman–Crippen LogP) is 6.95. The molecule has 3 aromatic carbocycles. The van der Waals surface area contributed by atoms with E-state index in [0.717, 1.165) is 5.57 Å². The predicted molar refractivity (Wildman–Crippen MR) is 149 cm³/mol. The van der Waals surface area contributed by atoms with E-state index in [-0.39, 0.29) is 5.78 Å². The van der Waals surface area contributed by atoms with E-state index in [1.165, 1.54) is 42.5 Å². The molecule has 3 heteroatoms. The summed E-state index contributed by atoms with van der Waals surface area (Å²) in [5.74, 6) is 0.582.